The lowest BCUT2D eigenvalue weighted by molar-refractivity contribution is 0.329. The lowest BCUT2D eigenvalue weighted by atomic mass is 9.79. The summed E-state index contributed by atoms with van der Waals surface area (Å²) in [7, 11) is 1.50. The third-order valence-corrected chi connectivity index (χ3v) is 13.1. The molecule has 23 nitrogen and oxygen atoms in total. The van der Waals surface area contributed by atoms with Crippen molar-refractivity contribution >= 4 is 45.6 Å². The molecule has 0 bridgehead atoms. The van der Waals surface area contributed by atoms with Crippen molar-refractivity contribution in [1.29, 1.82) is 0 Å². The molecule has 0 saturated heterocycles. The Balaban J connectivity index is 1.64. The van der Waals surface area contributed by atoms with Crippen LogP contribution < -0.4 is 5.46 Å². The van der Waals surface area contributed by atoms with E-state index < -0.39 is 193 Å². The van der Waals surface area contributed by atoms with Gasteiger partial charge < -0.3 is 117 Å². The van der Waals surface area contributed by atoms with Gasteiger partial charge in [-0.05, 0) is 60.6 Å². The van der Waals surface area contributed by atoms with E-state index in [4.69, 9.17) is 0 Å². The third-order valence-electron chi connectivity index (χ3n) is 13.1. The fourth-order valence-electron chi connectivity index (χ4n) is 9.09. The van der Waals surface area contributed by atoms with Crippen molar-refractivity contribution in [2.75, 3.05) is 0 Å². The molecule has 0 spiro atoms. The normalized spacial score (nSPS) is 11.7. The molecule has 0 amide bonds. The molecule has 70 heavy (non-hydrogen) atoms. The zero-order valence-electron chi connectivity index (χ0n) is 36.3. The number of aromatic hydroxyl groups is 23. The highest BCUT2D eigenvalue weighted by Gasteiger charge is 2.41. The molecule has 0 aromatic heterocycles. The minimum Gasteiger partial charge on any atom is -0.508 e. The van der Waals surface area contributed by atoms with Gasteiger partial charge in [0.15, 0.2) is 57.5 Å². The van der Waals surface area contributed by atoms with E-state index in [2.05, 4.69) is 0 Å². The first-order valence-electron chi connectivity index (χ1n) is 19.9. The van der Waals surface area contributed by atoms with Crippen LogP contribution >= 0.6 is 0 Å². The zero-order valence-corrected chi connectivity index (χ0v) is 36.3. The molecule has 0 aliphatic heterocycles. The molecule has 0 atom stereocenters. The Bertz CT molecular complexity index is 3600. The Morgan fingerprint density at radius 1 is 0.171 bits per heavy atom. The summed E-state index contributed by atoms with van der Waals surface area (Å²) in [6.45, 7) is 6.17. The van der Waals surface area contributed by atoms with Crippen LogP contribution in [0.5, 0.6) is 132 Å². The second-order valence-corrected chi connectivity index (χ2v) is 16.4. The van der Waals surface area contributed by atoms with Crippen LogP contribution in [0.1, 0.15) is 22.3 Å². The maximum atomic E-state index is 12.4. The van der Waals surface area contributed by atoms with E-state index in [0.29, 0.717) is 11.1 Å². The van der Waals surface area contributed by atoms with Gasteiger partial charge in [-0.1, -0.05) is 5.56 Å². The molecule has 0 aliphatic carbocycles. The number of rotatable bonds is 4. The standard InChI is InChI=1S/C46H37BO23/c1-5-7(3)23(47)30(54)11-9(5)10-6(2)8(4)24(48)31(55)12(10)13-14(11)32(56)33(57)19(25(13)49)20-29(53)18(34(58)40(64)35(20)59)15-26(50)16(21-36(60)41(65)45(69)42(66)37(21)61)28(52)17(27(15)51)22-38(62)43(67)46(70)44(68)39(22)63/h48-70H,47H2,1-4H3. The van der Waals surface area contributed by atoms with Crippen molar-refractivity contribution < 1.29 is 117 Å². The van der Waals surface area contributed by atoms with Gasteiger partial charge in [-0.3, -0.25) is 0 Å². The van der Waals surface area contributed by atoms with Crippen LogP contribution in [-0.2, 0) is 0 Å². The van der Waals surface area contributed by atoms with Gasteiger partial charge in [-0.25, -0.2) is 0 Å². The van der Waals surface area contributed by atoms with Gasteiger partial charge >= 0.3 is 0 Å². The first-order valence-corrected chi connectivity index (χ1v) is 19.9. The lowest BCUT2D eigenvalue weighted by Crippen LogP contribution is -2.11. The van der Waals surface area contributed by atoms with Crippen molar-refractivity contribution in [2.24, 2.45) is 0 Å². The van der Waals surface area contributed by atoms with Gasteiger partial charge in [0, 0.05) is 21.5 Å². The summed E-state index contributed by atoms with van der Waals surface area (Å²) >= 11 is 0. The third kappa shape index (κ3) is 5.45. The highest BCUT2D eigenvalue weighted by molar-refractivity contribution is 6.41. The molecule has 8 aromatic carbocycles. The van der Waals surface area contributed by atoms with Crippen molar-refractivity contribution in [1.82, 2.24) is 0 Å². The number of phenolic OH excluding ortho intramolecular Hbond substituents is 23. The number of aryl methyl sites for hydroxylation is 2. The average molecular weight is 969 g/mol. The quantitative estimate of drug-likeness (QED) is 0.0498. The van der Waals surface area contributed by atoms with Crippen LogP contribution in [0.4, 0.5) is 0 Å². The molecule has 0 fully saturated rings. The van der Waals surface area contributed by atoms with Gasteiger partial charge in [0.25, 0.3) is 0 Å². The predicted molar refractivity (Wildman–Crippen MR) is 246 cm³/mol. The molecule has 23 N–H and O–H groups in total. The van der Waals surface area contributed by atoms with E-state index in [1.54, 1.807) is 13.8 Å². The van der Waals surface area contributed by atoms with Crippen LogP contribution in [0.25, 0.3) is 76.8 Å². The zero-order chi connectivity index (χ0) is 52.2. The van der Waals surface area contributed by atoms with Crippen LogP contribution in [0.15, 0.2) is 0 Å². The molecule has 0 saturated carbocycles. The summed E-state index contributed by atoms with van der Waals surface area (Å²) in [6, 6.07) is 0. The van der Waals surface area contributed by atoms with Crippen molar-refractivity contribution in [3.63, 3.8) is 0 Å². The topological polar surface area (TPSA) is 465 Å². The Morgan fingerprint density at radius 2 is 0.371 bits per heavy atom. The van der Waals surface area contributed by atoms with Crippen LogP contribution in [0.3, 0.4) is 0 Å². The van der Waals surface area contributed by atoms with Crippen LogP contribution in [0.2, 0.25) is 0 Å². The minimum atomic E-state index is -1.85. The van der Waals surface area contributed by atoms with Crippen LogP contribution in [-0.4, -0.2) is 125 Å². The average Bonchev–Trinajstić information content (AvgIpc) is 3.32. The SMILES string of the molecule is Bc1c(C)c(C)c2c3c(C)c(C)c(O)c(O)c3c3c(O)c(-c4c(O)c(O)c(O)c(-c5c(O)c(-c6c(O)c(O)c(O)c(O)c6O)c(O)c(-c6c(O)c(O)c(O)c(O)c6O)c5O)c4O)c(O)c(O)c3c2c1O. The molecule has 8 aromatic rings. The monoisotopic (exact) mass is 968 g/mol. The van der Waals surface area contributed by atoms with Crippen molar-refractivity contribution in [3.05, 3.63) is 22.3 Å². The van der Waals surface area contributed by atoms with Crippen LogP contribution in [0, 0.1) is 27.7 Å². The van der Waals surface area contributed by atoms with E-state index in [-0.39, 0.29) is 32.7 Å². The van der Waals surface area contributed by atoms with Gasteiger partial charge in [0.2, 0.25) is 40.2 Å². The first kappa shape index (κ1) is 46.5. The summed E-state index contributed by atoms with van der Waals surface area (Å²) < 4.78 is 0. The number of hydrogen-bond donors (Lipinski definition) is 23. The smallest absolute Gasteiger partial charge is 0.208 e. The summed E-state index contributed by atoms with van der Waals surface area (Å²) in [5.74, 6) is -36.0. The molecule has 24 heteroatoms. The molecule has 8 rings (SSSR count). The Morgan fingerprint density at radius 3 is 0.729 bits per heavy atom. The number of hydrogen-bond acceptors (Lipinski definition) is 23. The summed E-state index contributed by atoms with van der Waals surface area (Å²) in [4.78, 5) is 0. The number of fused-ring (bicyclic) bond motifs is 6. The molecule has 0 aliphatic rings. The van der Waals surface area contributed by atoms with E-state index in [1.165, 1.54) is 21.7 Å². The second-order valence-electron chi connectivity index (χ2n) is 16.4. The molecule has 362 valence electrons. The second kappa shape index (κ2) is 14.8. The number of benzene rings is 8. The van der Waals surface area contributed by atoms with E-state index in [9.17, 15) is 117 Å². The largest absolute Gasteiger partial charge is 0.508 e. The van der Waals surface area contributed by atoms with E-state index >= 15 is 0 Å². The summed E-state index contributed by atoms with van der Waals surface area (Å²) in [5.41, 5.74) is -10.8. The molecular formula is C46H37BO23. The fourth-order valence-corrected chi connectivity index (χ4v) is 9.09. The molecular weight excluding hydrogens is 931 g/mol. The van der Waals surface area contributed by atoms with Crippen molar-refractivity contribution in [2.45, 2.75) is 27.7 Å². The molecule has 0 radical (unpaired) electrons. The lowest BCUT2D eigenvalue weighted by Gasteiger charge is -2.25. The number of phenols is 23. The highest BCUT2D eigenvalue weighted by atomic mass is 16.4. The minimum absolute atomic E-state index is 0.0369. The summed E-state index contributed by atoms with van der Waals surface area (Å²) in [5, 5.41) is 257. The first-order chi connectivity index (χ1) is 32.5. The molecule has 0 unspecified atom stereocenters. The van der Waals surface area contributed by atoms with Gasteiger partial charge in [0.05, 0.1) is 44.5 Å². The Hall–Kier alpha value is -10.00. The van der Waals surface area contributed by atoms with Crippen molar-refractivity contribution in [3.8, 4) is 177 Å². The fraction of sp³-hybridized carbons (Fsp3) is 0.0870. The van der Waals surface area contributed by atoms with E-state index in [1.807, 2.05) is 0 Å². The summed E-state index contributed by atoms with van der Waals surface area (Å²) in [6.07, 6.45) is 0. The maximum Gasteiger partial charge on any atom is 0.208 e. The Kier molecular flexibility index (Phi) is 9.81. The molecule has 0 heterocycles. The highest BCUT2D eigenvalue weighted by Crippen LogP contribution is 2.69. The van der Waals surface area contributed by atoms with Gasteiger partial charge in [0.1, 0.15) is 42.3 Å². The predicted octanol–water partition coefficient (Wildman–Crippen LogP) is 4.54. The van der Waals surface area contributed by atoms with Gasteiger partial charge in [-0.2, -0.15) is 0 Å². The van der Waals surface area contributed by atoms with E-state index in [0.717, 1.165) is 0 Å². The Labute approximate surface area is 389 Å². The maximum absolute atomic E-state index is 12.4. The van der Waals surface area contributed by atoms with Gasteiger partial charge in [-0.15, -0.1) is 0 Å².